The Morgan fingerprint density at radius 1 is 1.29 bits per heavy atom. The lowest BCUT2D eigenvalue weighted by Gasteiger charge is -2.38. The van der Waals surface area contributed by atoms with Crippen LogP contribution in [0.1, 0.15) is 18.4 Å². The fourth-order valence-corrected chi connectivity index (χ4v) is 3.77. The fraction of sp³-hybridized carbons (Fsp3) is 0.529. The number of hydrogen-bond acceptors (Lipinski definition) is 4. The van der Waals surface area contributed by atoms with Gasteiger partial charge in [-0.1, -0.05) is 12.1 Å². The fourth-order valence-electron chi connectivity index (χ4n) is 3.77. The molecule has 3 amide bonds. The number of rotatable bonds is 5. The second-order valence-corrected chi connectivity index (χ2v) is 6.41. The van der Waals surface area contributed by atoms with Gasteiger partial charge in [0.05, 0.1) is 13.2 Å². The number of aliphatic hydroxyl groups excluding tert-OH is 1. The third-order valence-electron chi connectivity index (χ3n) is 4.93. The summed E-state index contributed by atoms with van der Waals surface area (Å²) in [7, 11) is 0. The van der Waals surface area contributed by atoms with Crippen molar-refractivity contribution in [3.63, 3.8) is 0 Å². The zero-order chi connectivity index (χ0) is 17.2. The lowest BCUT2D eigenvalue weighted by molar-refractivity contribution is -0.134. The van der Waals surface area contributed by atoms with Gasteiger partial charge in [-0.25, -0.2) is 9.18 Å². The number of carbonyl (C=O) groups excluding carboxylic acids is 2. The lowest BCUT2D eigenvalue weighted by Crippen LogP contribution is -2.57. The van der Waals surface area contributed by atoms with Gasteiger partial charge in [0.2, 0.25) is 0 Å². The third kappa shape index (κ3) is 3.01. The van der Waals surface area contributed by atoms with Gasteiger partial charge < -0.3 is 15.7 Å². The van der Waals surface area contributed by atoms with Crippen LogP contribution in [-0.2, 0) is 11.2 Å². The number of aliphatic hydroxyl groups is 1. The number of benzene rings is 1. The van der Waals surface area contributed by atoms with Crippen LogP contribution in [0.15, 0.2) is 24.3 Å². The van der Waals surface area contributed by atoms with Gasteiger partial charge in [-0.15, -0.1) is 0 Å². The molecular formula is C17H22FN3O3. The van der Waals surface area contributed by atoms with E-state index in [0.29, 0.717) is 5.56 Å². The SMILES string of the molecule is O=C1NC(Cc2cccc(F)c2)(C2CCNCC2)C(=O)N1CCO. The van der Waals surface area contributed by atoms with Crippen LogP contribution in [0.3, 0.4) is 0 Å². The first-order chi connectivity index (χ1) is 11.6. The average molecular weight is 335 g/mol. The Bertz CT molecular complexity index is 633. The highest BCUT2D eigenvalue weighted by Gasteiger charge is 2.55. The molecule has 1 aromatic rings. The van der Waals surface area contributed by atoms with Crippen molar-refractivity contribution in [3.8, 4) is 0 Å². The summed E-state index contributed by atoms with van der Waals surface area (Å²) < 4.78 is 13.6. The van der Waals surface area contributed by atoms with E-state index in [0.717, 1.165) is 30.8 Å². The Morgan fingerprint density at radius 3 is 2.71 bits per heavy atom. The van der Waals surface area contributed by atoms with Crippen molar-refractivity contribution < 1.29 is 19.1 Å². The summed E-state index contributed by atoms with van der Waals surface area (Å²) >= 11 is 0. The molecule has 0 spiro atoms. The van der Waals surface area contributed by atoms with Crippen molar-refractivity contribution in [3.05, 3.63) is 35.6 Å². The predicted octanol–water partition coefficient (Wildman–Crippen LogP) is 0.651. The molecule has 2 fully saturated rings. The minimum absolute atomic E-state index is 0.0258. The van der Waals surface area contributed by atoms with Gasteiger partial charge in [-0.3, -0.25) is 9.69 Å². The molecule has 3 N–H and O–H groups in total. The number of hydrogen-bond donors (Lipinski definition) is 3. The van der Waals surface area contributed by atoms with E-state index in [1.54, 1.807) is 12.1 Å². The van der Waals surface area contributed by atoms with E-state index in [2.05, 4.69) is 10.6 Å². The summed E-state index contributed by atoms with van der Waals surface area (Å²) in [6.45, 7) is 1.25. The quantitative estimate of drug-likeness (QED) is 0.690. The van der Waals surface area contributed by atoms with Crippen LogP contribution < -0.4 is 10.6 Å². The van der Waals surface area contributed by atoms with Crippen molar-refractivity contribution in [2.45, 2.75) is 24.8 Å². The van der Waals surface area contributed by atoms with E-state index >= 15 is 0 Å². The Labute approximate surface area is 140 Å². The van der Waals surface area contributed by atoms with Gasteiger partial charge in [0.1, 0.15) is 11.4 Å². The molecule has 0 radical (unpaired) electrons. The molecule has 2 heterocycles. The highest BCUT2D eigenvalue weighted by atomic mass is 19.1. The van der Waals surface area contributed by atoms with E-state index in [1.165, 1.54) is 12.1 Å². The van der Waals surface area contributed by atoms with Crippen LogP contribution in [0.2, 0.25) is 0 Å². The van der Waals surface area contributed by atoms with Gasteiger partial charge >= 0.3 is 6.03 Å². The zero-order valence-electron chi connectivity index (χ0n) is 13.4. The third-order valence-corrected chi connectivity index (χ3v) is 4.93. The normalized spacial score (nSPS) is 25.2. The standard InChI is InChI=1S/C17H22FN3O3/c18-14-3-1-2-12(10-14)11-17(13-4-6-19-7-5-13)15(23)21(8-9-22)16(24)20-17/h1-3,10,13,19,22H,4-9,11H2,(H,20,24). The second kappa shape index (κ2) is 6.86. The summed E-state index contributed by atoms with van der Waals surface area (Å²) in [4.78, 5) is 26.4. The summed E-state index contributed by atoms with van der Waals surface area (Å²) in [6, 6.07) is 5.64. The Hall–Kier alpha value is -1.99. The van der Waals surface area contributed by atoms with E-state index < -0.39 is 11.6 Å². The lowest BCUT2D eigenvalue weighted by atomic mass is 9.74. The first-order valence-electron chi connectivity index (χ1n) is 8.27. The molecular weight excluding hydrogens is 313 g/mol. The number of urea groups is 1. The molecule has 0 aliphatic carbocycles. The van der Waals surface area contributed by atoms with Gasteiger partial charge in [-0.05, 0) is 49.5 Å². The highest BCUT2D eigenvalue weighted by Crippen LogP contribution is 2.35. The maximum Gasteiger partial charge on any atom is 0.325 e. The number of imide groups is 1. The molecule has 2 aliphatic rings. The van der Waals surface area contributed by atoms with Gasteiger partial charge in [0, 0.05) is 6.42 Å². The summed E-state index contributed by atoms with van der Waals surface area (Å²) in [6.07, 6.45) is 1.77. The molecule has 2 aliphatic heterocycles. The number of halogens is 1. The maximum absolute atomic E-state index is 13.6. The average Bonchev–Trinajstić information content (AvgIpc) is 2.81. The van der Waals surface area contributed by atoms with E-state index in [-0.39, 0.29) is 37.2 Å². The smallest absolute Gasteiger partial charge is 0.325 e. The van der Waals surface area contributed by atoms with Crippen LogP contribution in [0.5, 0.6) is 0 Å². The van der Waals surface area contributed by atoms with E-state index in [1.807, 2.05) is 0 Å². The predicted molar refractivity (Wildman–Crippen MR) is 85.8 cm³/mol. The number of β-amino-alcohol motifs (C(OH)–C–C–N with tert-alkyl or cyclic N) is 1. The zero-order valence-corrected chi connectivity index (χ0v) is 13.4. The number of nitrogens with zero attached hydrogens (tertiary/aromatic N) is 1. The first-order valence-corrected chi connectivity index (χ1v) is 8.27. The van der Waals surface area contributed by atoms with Crippen molar-refractivity contribution in [2.75, 3.05) is 26.2 Å². The molecule has 0 aromatic heterocycles. The van der Waals surface area contributed by atoms with Crippen molar-refractivity contribution in [1.82, 2.24) is 15.5 Å². The Kier molecular flexibility index (Phi) is 4.82. The molecule has 6 nitrogen and oxygen atoms in total. The molecule has 2 saturated heterocycles. The van der Waals surface area contributed by atoms with Crippen molar-refractivity contribution in [2.24, 2.45) is 5.92 Å². The highest BCUT2D eigenvalue weighted by molar-refractivity contribution is 6.07. The second-order valence-electron chi connectivity index (χ2n) is 6.41. The topological polar surface area (TPSA) is 81.7 Å². The maximum atomic E-state index is 13.6. The molecule has 1 aromatic carbocycles. The van der Waals surface area contributed by atoms with E-state index in [4.69, 9.17) is 5.11 Å². The molecule has 0 bridgehead atoms. The molecule has 24 heavy (non-hydrogen) atoms. The largest absolute Gasteiger partial charge is 0.395 e. The molecule has 1 unspecified atom stereocenters. The number of nitrogens with one attached hydrogen (secondary N) is 2. The molecule has 7 heteroatoms. The minimum atomic E-state index is -1.07. The monoisotopic (exact) mass is 335 g/mol. The molecule has 0 saturated carbocycles. The molecule has 1 atom stereocenters. The molecule has 3 rings (SSSR count). The van der Waals surface area contributed by atoms with Crippen LogP contribution in [0, 0.1) is 11.7 Å². The van der Waals surface area contributed by atoms with Gasteiger partial charge in [0.15, 0.2) is 0 Å². The van der Waals surface area contributed by atoms with Crippen LogP contribution in [0.4, 0.5) is 9.18 Å². The van der Waals surface area contributed by atoms with Gasteiger partial charge in [0.25, 0.3) is 5.91 Å². The molecule has 130 valence electrons. The summed E-state index contributed by atoms with van der Waals surface area (Å²) in [5, 5.41) is 15.3. The van der Waals surface area contributed by atoms with E-state index in [9.17, 15) is 14.0 Å². The summed E-state index contributed by atoms with van der Waals surface area (Å²) in [5.41, 5.74) is -0.393. The van der Waals surface area contributed by atoms with Crippen LogP contribution in [0.25, 0.3) is 0 Å². The van der Waals surface area contributed by atoms with Crippen LogP contribution >= 0.6 is 0 Å². The van der Waals surface area contributed by atoms with Crippen LogP contribution in [-0.4, -0.2) is 53.7 Å². The number of carbonyl (C=O) groups is 2. The number of amides is 3. The Morgan fingerprint density at radius 2 is 2.04 bits per heavy atom. The minimum Gasteiger partial charge on any atom is -0.395 e. The summed E-state index contributed by atoms with van der Waals surface area (Å²) in [5.74, 6) is -0.711. The van der Waals surface area contributed by atoms with Crippen molar-refractivity contribution >= 4 is 11.9 Å². The van der Waals surface area contributed by atoms with Gasteiger partial charge in [-0.2, -0.15) is 0 Å². The number of piperidine rings is 1. The Balaban J connectivity index is 1.95. The first kappa shape index (κ1) is 16.9. The van der Waals surface area contributed by atoms with Crippen molar-refractivity contribution in [1.29, 1.82) is 0 Å².